The van der Waals surface area contributed by atoms with Crippen LogP contribution >= 0.6 is 0 Å². The minimum Gasteiger partial charge on any atom is -0.478 e. The number of fused-ring (bicyclic) bond motifs is 1. The van der Waals surface area contributed by atoms with Crippen LogP contribution < -0.4 is 9.62 Å². The van der Waals surface area contributed by atoms with Gasteiger partial charge in [-0.25, -0.2) is 18.2 Å². The zero-order valence-corrected chi connectivity index (χ0v) is 23.0. The Labute approximate surface area is 223 Å². The number of hydrogen-bond acceptors (Lipinski definition) is 7. The molecule has 2 heterocycles. The summed E-state index contributed by atoms with van der Waals surface area (Å²) in [6.07, 6.45) is 1.13. The van der Waals surface area contributed by atoms with Gasteiger partial charge in [-0.3, -0.25) is 14.4 Å². The minimum atomic E-state index is -3.94. The Morgan fingerprint density at radius 3 is 2.24 bits per heavy atom. The maximum Gasteiger partial charge on any atom is 0.336 e. The lowest BCUT2D eigenvalue weighted by Crippen LogP contribution is -2.50. The fraction of sp³-hybridized carbons (Fsp3) is 0.393. The predicted molar refractivity (Wildman–Crippen MR) is 149 cm³/mol. The molecule has 10 heteroatoms. The highest BCUT2D eigenvalue weighted by Crippen LogP contribution is 2.28. The van der Waals surface area contributed by atoms with Crippen LogP contribution in [0.25, 0.3) is 10.9 Å². The van der Waals surface area contributed by atoms with E-state index in [-0.39, 0.29) is 21.9 Å². The molecule has 2 aromatic carbocycles. The first-order chi connectivity index (χ1) is 17.9. The van der Waals surface area contributed by atoms with Crippen molar-refractivity contribution in [2.75, 3.05) is 35.8 Å². The van der Waals surface area contributed by atoms with Gasteiger partial charge in [-0.05, 0) is 62.6 Å². The number of nitrogens with zero attached hydrogens (tertiary/aromatic N) is 3. The molecule has 2 N–H and O–H groups in total. The number of ketones is 1. The largest absolute Gasteiger partial charge is 0.478 e. The number of carbonyl (C=O) groups excluding carboxylic acids is 1. The monoisotopic (exact) mass is 538 g/mol. The highest BCUT2D eigenvalue weighted by Gasteiger charge is 2.24. The number of carboxylic acid groups (broad SMARTS) is 1. The van der Waals surface area contributed by atoms with Gasteiger partial charge in [0.25, 0.3) is 10.0 Å². The van der Waals surface area contributed by atoms with Crippen LogP contribution in [0.5, 0.6) is 0 Å². The second kappa shape index (κ2) is 11.1. The Bertz CT molecular complexity index is 1450. The number of carboxylic acids is 1. The van der Waals surface area contributed by atoms with E-state index in [1.165, 1.54) is 37.3 Å². The van der Waals surface area contributed by atoms with Gasteiger partial charge in [-0.15, -0.1) is 0 Å². The molecule has 1 aromatic heterocycles. The average Bonchev–Trinajstić information content (AvgIpc) is 2.87. The van der Waals surface area contributed by atoms with Gasteiger partial charge in [0.1, 0.15) is 5.82 Å². The number of anilines is 2. The number of aromatic nitrogens is 1. The molecule has 1 atom stereocenters. The van der Waals surface area contributed by atoms with Crippen molar-refractivity contribution in [3.63, 3.8) is 0 Å². The van der Waals surface area contributed by atoms with Crippen LogP contribution in [0.4, 0.5) is 11.5 Å². The van der Waals surface area contributed by atoms with E-state index < -0.39 is 16.0 Å². The van der Waals surface area contributed by atoms with Crippen molar-refractivity contribution in [1.82, 2.24) is 9.88 Å². The molecule has 1 saturated heterocycles. The number of hydrogen-bond donors (Lipinski definition) is 2. The van der Waals surface area contributed by atoms with Crippen molar-refractivity contribution in [3.05, 3.63) is 59.7 Å². The second-order valence-electron chi connectivity index (χ2n) is 10.3. The Morgan fingerprint density at radius 2 is 1.66 bits per heavy atom. The van der Waals surface area contributed by atoms with E-state index in [4.69, 9.17) is 4.98 Å². The molecule has 0 saturated carbocycles. The number of benzene rings is 2. The van der Waals surface area contributed by atoms with Crippen molar-refractivity contribution < 1.29 is 23.1 Å². The summed E-state index contributed by atoms with van der Waals surface area (Å²) in [5, 5.41) is 10.3. The number of sulfonamides is 1. The number of rotatable bonds is 9. The average molecular weight is 539 g/mol. The van der Waals surface area contributed by atoms with E-state index in [0.29, 0.717) is 34.2 Å². The van der Waals surface area contributed by atoms with E-state index >= 15 is 0 Å². The second-order valence-corrected chi connectivity index (χ2v) is 11.9. The van der Waals surface area contributed by atoms with Gasteiger partial charge in [0.05, 0.1) is 16.0 Å². The predicted octanol–water partition coefficient (Wildman–Crippen LogP) is 4.49. The quantitative estimate of drug-likeness (QED) is 0.382. The first-order valence-corrected chi connectivity index (χ1v) is 14.2. The third kappa shape index (κ3) is 6.14. The summed E-state index contributed by atoms with van der Waals surface area (Å²) in [4.78, 5) is 32.9. The summed E-state index contributed by atoms with van der Waals surface area (Å²) >= 11 is 0. The minimum absolute atomic E-state index is 0.00335. The molecule has 0 radical (unpaired) electrons. The van der Waals surface area contributed by atoms with Crippen LogP contribution in [0.15, 0.2) is 53.4 Å². The topological polar surface area (TPSA) is 120 Å². The Kier molecular flexibility index (Phi) is 8.03. The van der Waals surface area contributed by atoms with Crippen molar-refractivity contribution >= 4 is 44.2 Å². The Hall–Kier alpha value is -3.50. The number of pyridine rings is 1. The fourth-order valence-corrected chi connectivity index (χ4v) is 5.97. The molecule has 3 aromatic rings. The van der Waals surface area contributed by atoms with E-state index in [2.05, 4.69) is 35.3 Å². The highest BCUT2D eigenvalue weighted by molar-refractivity contribution is 7.92. The van der Waals surface area contributed by atoms with Crippen LogP contribution in [0.2, 0.25) is 0 Å². The maximum atomic E-state index is 12.9. The number of nitrogens with one attached hydrogen (secondary N) is 1. The number of aromatic carboxylic acids is 1. The lowest BCUT2D eigenvalue weighted by molar-refractivity contribution is 0.0698. The summed E-state index contributed by atoms with van der Waals surface area (Å²) in [6, 6.07) is 12.4. The molecule has 0 aliphatic carbocycles. The van der Waals surface area contributed by atoms with Crippen molar-refractivity contribution in [2.24, 2.45) is 5.92 Å². The maximum absolute atomic E-state index is 12.9. The van der Waals surface area contributed by atoms with E-state index in [0.717, 1.165) is 32.6 Å². The van der Waals surface area contributed by atoms with Crippen LogP contribution in [-0.4, -0.2) is 67.4 Å². The molecule has 1 aliphatic rings. The number of carbonyl (C=O) groups is 2. The lowest BCUT2D eigenvalue weighted by atomic mass is 10.0. The van der Waals surface area contributed by atoms with Crippen molar-refractivity contribution in [2.45, 2.75) is 45.1 Å². The molecule has 38 heavy (non-hydrogen) atoms. The van der Waals surface area contributed by atoms with Crippen LogP contribution in [0, 0.1) is 5.92 Å². The third-order valence-corrected chi connectivity index (χ3v) is 8.32. The summed E-state index contributed by atoms with van der Waals surface area (Å²) in [6.45, 7) is 11.4. The summed E-state index contributed by atoms with van der Waals surface area (Å²) in [7, 11) is -3.94. The molecule has 0 bridgehead atoms. The van der Waals surface area contributed by atoms with Gasteiger partial charge >= 0.3 is 5.97 Å². The molecule has 202 valence electrons. The van der Waals surface area contributed by atoms with Gasteiger partial charge in [0.2, 0.25) is 0 Å². The van der Waals surface area contributed by atoms with E-state index in [1.807, 2.05) is 0 Å². The Morgan fingerprint density at radius 1 is 1.00 bits per heavy atom. The van der Waals surface area contributed by atoms with Crippen molar-refractivity contribution in [1.29, 1.82) is 0 Å². The molecule has 0 amide bonds. The molecule has 4 rings (SSSR count). The van der Waals surface area contributed by atoms with Gasteiger partial charge in [0, 0.05) is 48.9 Å². The van der Waals surface area contributed by atoms with E-state index in [1.54, 1.807) is 18.2 Å². The molecule has 1 aliphatic heterocycles. The zero-order valence-electron chi connectivity index (χ0n) is 22.1. The number of Topliss-reactive ketones (excluding diaryl/α,β-unsaturated/α-hetero) is 1. The van der Waals surface area contributed by atoms with Crippen molar-refractivity contribution in [3.8, 4) is 0 Å². The molecular formula is C28H34N4O5S. The Balaban J connectivity index is 1.57. The lowest BCUT2D eigenvalue weighted by Gasteiger charge is -2.39. The molecule has 0 spiro atoms. The van der Waals surface area contributed by atoms with Gasteiger partial charge in [-0.2, -0.15) is 0 Å². The SMILES string of the molecule is CC(=O)c1ccc(S(=O)(=O)Nc2ccc3nc(N4CCN([C@@H](C)CC(C)C)CC4)cc(C(=O)O)c3c2)cc1. The third-order valence-electron chi connectivity index (χ3n) is 6.92. The molecule has 1 fully saturated rings. The van der Waals surface area contributed by atoms with Crippen LogP contribution in [-0.2, 0) is 10.0 Å². The highest BCUT2D eigenvalue weighted by atomic mass is 32.2. The van der Waals surface area contributed by atoms with Crippen LogP contribution in [0.1, 0.15) is 54.8 Å². The standard InChI is InChI=1S/C28H34N4O5S/c1-18(2)15-19(3)31-11-13-32(14-12-31)27-17-25(28(34)35)24-16-22(7-10-26(24)29-27)30-38(36,37)23-8-5-21(6-9-23)20(4)33/h5-10,16-19,30H,11-15H2,1-4H3,(H,34,35)/t19-/m0/s1. The van der Waals surface area contributed by atoms with E-state index in [9.17, 15) is 23.1 Å². The smallest absolute Gasteiger partial charge is 0.336 e. The molecular weight excluding hydrogens is 504 g/mol. The zero-order chi connectivity index (χ0) is 27.6. The first-order valence-electron chi connectivity index (χ1n) is 12.8. The molecule has 0 unspecified atom stereocenters. The van der Waals surface area contributed by atoms with Gasteiger partial charge < -0.3 is 10.0 Å². The van der Waals surface area contributed by atoms with Crippen LogP contribution in [0.3, 0.4) is 0 Å². The summed E-state index contributed by atoms with van der Waals surface area (Å²) < 4.78 is 28.3. The first kappa shape index (κ1) is 27.5. The number of piperazine rings is 1. The van der Waals surface area contributed by atoms with Gasteiger partial charge in [0.15, 0.2) is 5.78 Å². The normalized spacial score (nSPS) is 15.6. The molecule has 9 nitrogen and oxygen atoms in total. The fourth-order valence-electron chi connectivity index (χ4n) is 4.92. The summed E-state index contributed by atoms with van der Waals surface area (Å²) in [5.41, 5.74) is 1.17. The van der Waals surface area contributed by atoms with Gasteiger partial charge in [-0.1, -0.05) is 26.0 Å². The summed E-state index contributed by atoms with van der Waals surface area (Å²) in [5.74, 6) is -0.0374.